The average Bonchev–Trinajstić information content (AvgIpc) is 3.71. The van der Waals surface area contributed by atoms with Gasteiger partial charge in [0.05, 0.1) is 26.4 Å². The van der Waals surface area contributed by atoms with Crippen LogP contribution in [0, 0.1) is 17.8 Å². The number of aliphatic hydroxyl groups is 1. The van der Waals surface area contributed by atoms with Gasteiger partial charge in [-0.1, -0.05) is 286 Å². The molecular weight excluding hydrogens is 1150 g/mol. The average molecular weight is 1280 g/mol. The van der Waals surface area contributed by atoms with E-state index in [1.807, 2.05) is 0 Å². The maximum atomic E-state index is 13.0. The molecule has 0 aliphatic rings. The number of rotatable bonds is 66. The lowest BCUT2D eigenvalue weighted by atomic mass is 9.99. The minimum Gasteiger partial charge on any atom is -0.462 e. The summed E-state index contributed by atoms with van der Waals surface area (Å²) in [6, 6.07) is 0. The highest BCUT2D eigenvalue weighted by molar-refractivity contribution is 7.47. The van der Waals surface area contributed by atoms with Gasteiger partial charge in [0.1, 0.15) is 19.3 Å². The highest BCUT2D eigenvalue weighted by Gasteiger charge is 2.30. The molecule has 0 bridgehead atoms. The molecule has 0 fully saturated rings. The van der Waals surface area contributed by atoms with E-state index in [-0.39, 0.29) is 25.7 Å². The first-order valence-corrected chi connectivity index (χ1v) is 38.4. The Bertz CT molecular complexity index is 1720. The van der Waals surface area contributed by atoms with Gasteiger partial charge in [-0.15, -0.1) is 0 Å². The molecule has 0 saturated heterocycles. The summed E-state index contributed by atoms with van der Waals surface area (Å²) in [4.78, 5) is 72.3. The van der Waals surface area contributed by atoms with Crippen LogP contribution in [0.5, 0.6) is 0 Å². The van der Waals surface area contributed by atoms with E-state index < -0.39 is 97.5 Å². The Hall–Kier alpha value is -1.94. The maximum Gasteiger partial charge on any atom is 0.472 e. The van der Waals surface area contributed by atoms with Crippen molar-refractivity contribution >= 4 is 39.5 Å². The maximum absolute atomic E-state index is 13.0. The summed E-state index contributed by atoms with van der Waals surface area (Å²) < 4.78 is 68.1. The van der Waals surface area contributed by atoms with E-state index in [2.05, 4.69) is 48.5 Å². The Morgan fingerprint density at radius 2 is 0.586 bits per heavy atom. The molecule has 0 saturated carbocycles. The standard InChI is InChI=1S/C68H132O17P2/c1-8-11-12-13-14-27-35-42-49-65(70)78-56-64(85-68(73)52-45-38-31-30-32-39-46-59(4)5)58-83-87(76,77)81-54-62(69)53-80-86(74,75)82-57-63(55-79-66(71)50-43-36-28-24-23-26-34-41-48-61(7)10-3)84-67(72)51-44-37-29-22-20-18-16-15-17-19-21-25-33-40-47-60(6)9-2/h59-64,69H,8-58H2,1-7H3,(H,74,75)(H,76,77)/t60?,61?,62-,63-,64-/m1/s1. The van der Waals surface area contributed by atoms with Crippen molar-refractivity contribution in [2.45, 2.75) is 356 Å². The smallest absolute Gasteiger partial charge is 0.462 e. The molecule has 4 unspecified atom stereocenters. The summed E-state index contributed by atoms with van der Waals surface area (Å²) >= 11 is 0. The number of phosphoric ester groups is 2. The van der Waals surface area contributed by atoms with Gasteiger partial charge in [0.15, 0.2) is 12.2 Å². The van der Waals surface area contributed by atoms with E-state index in [1.54, 1.807) is 0 Å². The minimum absolute atomic E-state index is 0.102. The first kappa shape index (κ1) is 85.1. The van der Waals surface area contributed by atoms with Gasteiger partial charge in [-0.2, -0.15) is 0 Å². The van der Waals surface area contributed by atoms with E-state index in [4.69, 9.17) is 37.0 Å². The van der Waals surface area contributed by atoms with Crippen LogP contribution in [-0.4, -0.2) is 96.7 Å². The van der Waals surface area contributed by atoms with Gasteiger partial charge < -0.3 is 33.8 Å². The molecule has 17 nitrogen and oxygen atoms in total. The molecular formula is C68H132O17P2. The fourth-order valence-electron chi connectivity index (χ4n) is 10.1. The molecule has 7 atom stereocenters. The number of carbonyl (C=O) groups excluding carboxylic acids is 4. The molecule has 0 aliphatic carbocycles. The van der Waals surface area contributed by atoms with E-state index in [9.17, 15) is 43.2 Å². The second-order valence-electron chi connectivity index (χ2n) is 25.5. The van der Waals surface area contributed by atoms with Crippen molar-refractivity contribution in [3.8, 4) is 0 Å². The number of unbranched alkanes of at least 4 members (excludes halogenated alkanes) is 32. The lowest BCUT2D eigenvalue weighted by Gasteiger charge is -2.21. The Labute approximate surface area is 530 Å². The first-order chi connectivity index (χ1) is 41.8. The van der Waals surface area contributed by atoms with Crippen molar-refractivity contribution in [1.82, 2.24) is 0 Å². The van der Waals surface area contributed by atoms with Crippen molar-refractivity contribution in [3.63, 3.8) is 0 Å². The molecule has 516 valence electrons. The van der Waals surface area contributed by atoms with E-state index in [1.165, 1.54) is 141 Å². The topological polar surface area (TPSA) is 237 Å². The minimum atomic E-state index is -4.95. The molecule has 0 heterocycles. The monoisotopic (exact) mass is 1280 g/mol. The van der Waals surface area contributed by atoms with Gasteiger partial charge in [0.25, 0.3) is 0 Å². The molecule has 0 aromatic heterocycles. The highest BCUT2D eigenvalue weighted by Crippen LogP contribution is 2.45. The molecule has 19 heteroatoms. The number of hydrogen-bond donors (Lipinski definition) is 3. The van der Waals surface area contributed by atoms with Crippen molar-refractivity contribution in [1.29, 1.82) is 0 Å². The van der Waals surface area contributed by atoms with Crippen LogP contribution < -0.4 is 0 Å². The molecule has 0 aliphatic heterocycles. The number of esters is 4. The predicted molar refractivity (Wildman–Crippen MR) is 349 cm³/mol. The second-order valence-corrected chi connectivity index (χ2v) is 28.4. The molecule has 0 amide bonds. The van der Waals surface area contributed by atoms with E-state index >= 15 is 0 Å². The van der Waals surface area contributed by atoms with Crippen LogP contribution in [0.25, 0.3) is 0 Å². The van der Waals surface area contributed by atoms with Crippen molar-refractivity contribution in [2.24, 2.45) is 17.8 Å². The quantitative estimate of drug-likeness (QED) is 0.0222. The summed E-state index contributed by atoms with van der Waals surface area (Å²) in [7, 11) is -9.89. The predicted octanol–water partition coefficient (Wildman–Crippen LogP) is 19.1. The van der Waals surface area contributed by atoms with Gasteiger partial charge in [-0.25, -0.2) is 9.13 Å². The number of hydrogen-bond acceptors (Lipinski definition) is 15. The van der Waals surface area contributed by atoms with Gasteiger partial charge in [0.2, 0.25) is 0 Å². The van der Waals surface area contributed by atoms with Crippen LogP contribution in [-0.2, 0) is 65.4 Å². The van der Waals surface area contributed by atoms with Gasteiger partial charge in [-0.3, -0.25) is 37.3 Å². The van der Waals surface area contributed by atoms with Gasteiger partial charge in [-0.05, 0) is 43.4 Å². The lowest BCUT2D eigenvalue weighted by Crippen LogP contribution is -2.30. The lowest BCUT2D eigenvalue weighted by molar-refractivity contribution is -0.161. The second kappa shape index (κ2) is 59.1. The SMILES string of the molecule is CCCCCCCCCCC(=O)OC[C@H](COP(=O)(O)OC[C@H](O)COP(=O)(O)OC[C@@H](COC(=O)CCCCCCCCCCC(C)CC)OC(=O)CCCCCCCCCCCCCCCCC(C)CC)OC(=O)CCCCCCCCC(C)C. The van der Waals surface area contributed by atoms with Crippen LogP contribution in [0.15, 0.2) is 0 Å². The molecule has 0 spiro atoms. The fourth-order valence-corrected chi connectivity index (χ4v) is 11.7. The largest absolute Gasteiger partial charge is 0.472 e. The summed E-state index contributed by atoms with van der Waals surface area (Å²) in [5.41, 5.74) is 0. The third kappa shape index (κ3) is 60.1. The zero-order valence-electron chi connectivity index (χ0n) is 56.5. The molecule has 0 rings (SSSR count). The van der Waals surface area contributed by atoms with Crippen LogP contribution >= 0.6 is 15.6 Å². The summed E-state index contributed by atoms with van der Waals surface area (Å²) in [5.74, 6) is 0.157. The Balaban J connectivity index is 5.20. The van der Waals surface area contributed by atoms with Crippen molar-refractivity contribution < 1.29 is 80.2 Å². The summed E-state index contributed by atoms with van der Waals surface area (Å²) in [6.07, 6.45) is 41.8. The zero-order valence-corrected chi connectivity index (χ0v) is 58.3. The van der Waals surface area contributed by atoms with E-state index in [0.717, 1.165) is 108 Å². The number of phosphoric acid groups is 2. The fraction of sp³-hybridized carbons (Fsp3) is 0.941. The summed E-state index contributed by atoms with van der Waals surface area (Å²) in [6.45, 7) is 11.8. The van der Waals surface area contributed by atoms with Crippen LogP contribution in [0.3, 0.4) is 0 Å². The third-order valence-corrected chi connectivity index (χ3v) is 18.3. The molecule has 0 aromatic rings. The number of aliphatic hydroxyl groups excluding tert-OH is 1. The van der Waals surface area contributed by atoms with Crippen molar-refractivity contribution in [3.05, 3.63) is 0 Å². The molecule has 0 aromatic carbocycles. The Kier molecular flexibility index (Phi) is 57.8. The van der Waals surface area contributed by atoms with E-state index in [0.29, 0.717) is 31.6 Å². The molecule has 87 heavy (non-hydrogen) atoms. The molecule has 0 radical (unpaired) electrons. The van der Waals surface area contributed by atoms with Crippen LogP contribution in [0.1, 0.15) is 337 Å². The first-order valence-electron chi connectivity index (χ1n) is 35.4. The van der Waals surface area contributed by atoms with Crippen LogP contribution in [0.4, 0.5) is 0 Å². The number of ether oxygens (including phenoxy) is 4. The normalized spacial score (nSPS) is 14.9. The van der Waals surface area contributed by atoms with Crippen molar-refractivity contribution in [2.75, 3.05) is 39.6 Å². The number of carbonyl (C=O) groups is 4. The van der Waals surface area contributed by atoms with Crippen LogP contribution in [0.2, 0.25) is 0 Å². The van der Waals surface area contributed by atoms with Gasteiger partial charge >= 0.3 is 39.5 Å². The Morgan fingerprint density at radius 1 is 0.333 bits per heavy atom. The highest BCUT2D eigenvalue weighted by atomic mass is 31.2. The zero-order chi connectivity index (χ0) is 64.5. The Morgan fingerprint density at radius 3 is 0.874 bits per heavy atom. The molecule has 3 N–H and O–H groups in total. The van der Waals surface area contributed by atoms with Gasteiger partial charge in [0, 0.05) is 25.7 Å². The summed E-state index contributed by atoms with van der Waals surface area (Å²) in [5, 5.41) is 10.6. The third-order valence-electron chi connectivity index (χ3n) is 16.4.